The normalized spacial score (nSPS) is 15.3. The molecule has 0 atom stereocenters. The molecule has 0 spiro atoms. The number of halogens is 1. The van der Waals surface area contributed by atoms with Crippen molar-refractivity contribution < 1.29 is 26.3 Å². The van der Waals surface area contributed by atoms with Gasteiger partial charge < -0.3 is 13.4 Å². The van der Waals surface area contributed by atoms with Crippen molar-refractivity contribution in [1.29, 1.82) is 0 Å². The van der Waals surface area contributed by atoms with Crippen molar-refractivity contribution in [3.63, 3.8) is 0 Å². The van der Waals surface area contributed by atoms with E-state index in [1.807, 2.05) is 19.1 Å². The van der Waals surface area contributed by atoms with Crippen LogP contribution < -0.4 is 8.92 Å². The van der Waals surface area contributed by atoms with Crippen LogP contribution in [0.5, 0.6) is 11.5 Å². The first-order chi connectivity index (χ1) is 17.3. The third-order valence-electron chi connectivity index (χ3n) is 6.58. The highest BCUT2D eigenvalue weighted by atomic mass is 32.2. The lowest BCUT2D eigenvalue weighted by Gasteiger charge is -2.31. The van der Waals surface area contributed by atoms with E-state index in [2.05, 4.69) is 10.1 Å². The van der Waals surface area contributed by atoms with Gasteiger partial charge in [0.15, 0.2) is 17.1 Å². The quantitative estimate of drug-likeness (QED) is 0.307. The second-order valence-electron chi connectivity index (χ2n) is 9.09. The van der Waals surface area contributed by atoms with E-state index in [0.29, 0.717) is 17.9 Å². The van der Waals surface area contributed by atoms with E-state index in [1.54, 1.807) is 24.3 Å². The van der Waals surface area contributed by atoms with Gasteiger partial charge in [-0.1, -0.05) is 28.9 Å². The number of hydrogen-bond donors (Lipinski definition) is 0. The number of likely N-dealkylation sites (tertiary alicyclic amines) is 1. The molecule has 1 aromatic heterocycles. The molecule has 0 N–H and O–H groups in total. The highest BCUT2D eigenvalue weighted by molar-refractivity contribution is 7.87. The van der Waals surface area contributed by atoms with Gasteiger partial charge >= 0.3 is 10.1 Å². The smallest absolute Gasteiger partial charge is 0.339 e. The number of fused-ring (bicyclic) bond motifs is 1. The molecule has 1 aliphatic rings. The molecule has 0 radical (unpaired) electrons. The van der Waals surface area contributed by atoms with E-state index in [-0.39, 0.29) is 22.4 Å². The number of piperidine rings is 1. The Morgan fingerprint density at radius 3 is 2.50 bits per heavy atom. The van der Waals surface area contributed by atoms with Gasteiger partial charge in [-0.3, -0.25) is 4.90 Å². The maximum absolute atomic E-state index is 13.5. The van der Waals surface area contributed by atoms with Crippen LogP contribution in [0.4, 0.5) is 4.39 Å². The fourth-order valence-corrected chi connectivity index (χ4v) is 5.54. The van der Waals surface area contributed by atoms with Crippen LogP contribution in [0.2, 0.25) is 0 Å². The Kier molecular flexibility index (Phi) is 6.68. The molecular formula is C27H27FN2O5S. The molecule has 4 aromatic rings. The zero-order valence-electron chi connectivity index (χ0n) is 20.1. The number of nitrogens with zero attached hydrogens (tertiary/aromatic N) is 2. The summed E-state index contributed by atoms with van der Waals surface area (Å²) in [5.41, 5.74) is 3.33. The van der Waals surface area contributed by atoms with Crippen LogP contribution in [-0.2, 0) is 16.7 Å². The molecular weight excluding hydrogens is 483 g/mol. The third kappa shape index (κ3) is 5.08. The number of rotatable bonds is 7. The average molecular weight is 511 g/mol. The van der Waals surface area contributed by atoms with Crippen molar-refractivity contribution in [2.45, 2.75) is 37.1 Å². The number of ether oxygens (including phenoxy) is 1. The van der Waals surface area contributed by atoms with E-state index in [4.69, 9.17) is 13.4 Å². The molecule has 188 valence electrons. The van der Waals surface area contributed by atoms with Crippen molar-refractivity contribution in [2.24, 2.45) is 0 Å². The van der Waals surface area contributed by atoms with Gasteiger partial charge in [-0.2, -0.15) is 8.42 Å². The number of methoxy groups -OCH3 is 1. The first-order valence-electron chi connectivity index (χ1n) is 11.8. The Hall–Kier alpha value is -3.43. The number of hydrogen-bond acceptors (Lipinski definition) is 7. The largest absolute Gasteiger partial charge is 0.493 e. The van der Waals surface area contributed by atoms with E-state index in [1.165, 1.54) is 31.4 Å². The SMILES string of the molecule is COc1cc(CN2CCC(c3noc4cc(F)ccc34)CC2)ccc1OS(=O)(=O)c1ccc(C)cc1. The molecule has 1 aliphatic heterocycles. The molecule has 0 saturated carbocycles. The Balaban J connectivity index is 1.24. The number of benzene rings is 3. The molecule has 7 nitrogen and oxygen atoms in total. The standard InChI is InChI=1S/C27H27FN2O5S/c1-18-3-7-22(8-4-18)36(31,32)35-24-10-5-19(15-26(24)33-2)17-30-13-11-20(12-14-30)27-23-9-6-21(28)16-25(23)34-29-27/h3-10,15-16,20H,11-14,17H2,1-2H3. The van der Waals surface area contributed by atoms with Crippen molar-refractivity contribution in [2.75, 3.05) is 20.2 Å². The molecule has 3 aromatic carbocycles. The van der Waals surface area contributed by atoms with E-state index in [9.17, 15) is 12.8 Å². The van der Waals surface area contributed by atoms with Gasteiger partial charge in [-0.25, -0.2) is 4.39 Å². The van der Waals surface area contributed by atoms with Crippen LogP contribution in [-0.4, -0.2) is 38.7 Å². The lowest BCUT2D eigenvalue weighted by molar-refractivity contribution is 0.201. The molecule has 2 heterocycles. The van der Waals surface area contributed by atoms with E-state index in [0.717, 1.165) is 48.1 Å². The Morgan fingerprint density at radius 2 is 1.78 bits per heavy atom. The first-order valence-corrected chi connectivity index (χ1v) is 13.2. The average Bonchev–Trinajstić information content (AvgIpc) is 3.28. The molecule has 9 heteroatoms. The fourth-order valence-electron chi connectivity index (χ4n) is 4.60. The molecule has 1 fully saturated rings. The Bertz CT molecular complexity index is 1480. The van der Waals surface area contributed by atoms with Gasteiger partial charge in [0.05, 0.1) is 12.8 Å². The van der Waals surface area contributed by atoms with Crippen LogP contribution in [0.25, 0.3) is 11.0 Å². The molecule has 0 bridgehead atoms. The third-order valence-corrected chi connectivity index (χ3v) is 7.83. The molecule has 0 aliphatic carbocycles. The van der Waals surface area contributed by atoms with Gasteiger partial charge in [0, 0.05) is 23.9 Å². The summed E-state index contributed by atoms with van der Waals surface area (Å²) in [7, 11) is -2.48. The predicted octanol–water partition coefficient (Wildman–Crippen LogP) is 5.43. The summed E-state index contributed by atoms with van der Waals surface area (Å²) in [6.07, 6.45) is 1.82. The van der Waals surface area contributed by atoms with Gasteiger partial charge in [0.2, 0.25) is 0 Å². The fraction of sp³-hybridized carbons (Fsp3) is 0.296. The topological polar surface area (TPSA) is 81.9 Å². The monoisotopic (exact) mass is 510 g/mol. The maximum atomic E-state index is 13.5. The molecule has 5 rings (SSSR count). The zero-order valence-corrected chi connectivity index (χ0v) is 20.9. The minimum Gasteiger partial charge on any atom is -0.493 e. The highest BCUT2D eigenvalue weighted by Gasteiger charge is 2.26. The molecule has 0 amide bonds. The van der Waals surface area contributed by atoms with Crippen LogP contribution >= 0.6 is 0 Å². The lowest BCUT2D eigenvalue weighted by Crippen LogP contribution is -2.32. The summed E-state index contributed by atoms with van der Waals surface area (Å²) < 4.78 is 55.0. The molecule has 36 heavy (non-hydrogen) atoms. The number of aryl methyl sites for hydroxylation is 1. The minimum atomic E-state index is -3.97. The minimum absolute atomic E-state index is 0.0899. The van der Waals surface area contributed by atoms with Gasteiger partial charge in [0.1, 0.15) is 10.7 Å². The second kappa shape index (κ2) is 9.91. The van der Waals surface area contributed by atoms with Gasteiger partial charge in [-0.15, -0.1) is 0 Å². The Morgan fingerprint density at radius 1 is 1.03 bits per heavy atom. The van der Waals surface area contributed by atoms with Crippen molar-refractivity contribution >= 4 is 21.1 Å². The molecule has 1 saturated heterocycles. The number of aromatic nitrogens is 1. The summed E-state index contributed by atoms with van der Waals surface area (Å²) in [6, 6.07) is 16.3. The van der Waals surface area contributed by atoms with Crippen molar-refractivity contribution in [1.82, 2.24) is 10.1 Å². The lowest BCUT2D eigenvalue weighted by atomic mass is 9.91. The van der Waals surface area contributed by atoms with Crippen LogP contribution in [0.15, 0.2) is 70.1 Å². The summed E-state index contributed by atoms with van der Waals surface area (Å²) in [4.78, 5) is 2.42. The summed E-state index contributed by atoms with van der Waals surface area (Å²) in [6.45, 7) is 4.31. The first kappa shape index (κ1) is 24.3. The van der Waals surface area contributed by atoms with E-state index >= 15 is 0 Å². The van der Waals surface area contributed by atoms with E-state index < -0.39 is 10.1 Å². The molecule has 0 unspecified atom stereocenters. The van der Waals surface area contributed by atoms with Crippen molar-refractivity contribution in [3.8, 4) is 11.5 Å². The zero-order chi connectivity index (χ0) is 25.3. The van der Waals surface area contributed by atoms with Gasteiger partial charge in [-0.05, 0) is 74.8 Å². The van der Waals surface area contributed by atoms with Gasteiger partial charge in [0.25, 0.3) is 0 Å². The summed E-state index contributed by atoms with van der Waals surface area (Å²) in [5.74, 6) is 0.430. The highest BCUT2D eigenvalue weighted by Crippen LogP contribution is 2.35. The van der Waals surface area contributed by atoms with Crippen LogP contribution in [0.1, 0.15) is 35.6 Å². The van der Waals surface area contributed by atoms with Crippen LogP contribution in [0.3, 0.4) is 0 Å². The summed E-state index contributed by atoms with van der Waals surface area (Å²) in [5, 5.41) is 5.09. The summed E-state index contributed by atoms with van der Waals surface area (Å²) >= 11 is 0. The maximum Gasteiger partial charge on any atom is 0.339 e. The second-order valence-corrected chi connectivity index (χ2v) is 10.6. The van der Waals surface area contributed by atoms with Crippen molar-refractivity contribution in [3.05, 3.63) is 83.3 Å². The van der Waals surface area contributed by atoms with Crippen LogP contribution in [0, 0.1) is 12.7 Å². The predicted molar refractivity (Wildman–Crippen MR) is 133 cm³/mol. The Labute approximate surface area is 209 Å².